The third-order valence-electron chi connectivity index (χ3n) is 4.92. The van der Waals surface area contributed by atoms with Gasteiger partial charge in [-0.05, 0) is 37.3 Å². The fourth-order valence-corrected chi connectivity index (χ4v) is 3.31. The summed E-state index contributed by atoms with van der Waals surface area (Å²) in [6, 6.07) is 22.5. The number of ether oxygens (including phenoxy) is 2. The number of hydrogen-bond acceptors (Lipinski definition) is 4. The van der Waals surface area contributed by atoms with Crippen LogP contribution >= 0.6 is 0 Å². The van der Waals surface area contributed by atoms with Gasteiger partial charge in [0.15, 0.2) is 0 Å². The molecule has 4 aromatic rings. The van der Waals surface area contributed by atoms with Crippen LogP contribution in [0.1, 0.15) is 5.56 Å². The lowest BCUT2D eigenvalue weighted by molar-refractivity contribution is 0.262. The van der Waals surface area contributed by atoms with Crippen LogP contribution in [-0.2, 0) is 0 Å². The molecule has 0 saturated carbocycles. The quantitative estimate of drug-likeness (QED) is 0.429. The van der Waals surface area contributed by atoms with Crippen molar-refractivity contribution in [3.63, 3.8) is 0 Å². The topological polar surface area (TPSA) is 72.5 Å². The molecule has 0 radical (unpaired) electrons. The normalized spacial score (nSPS) is 10.5. The Kier molecular flexibility index (Phi) is 5.71. The molecule has 0 saturated heterocycles. The first-order valence-electron chi connectivity index (χ1n) is 9.83. The predicted octanol–water partition coefficient (Wildman–Crippen LogP) is 5.87. The molecular weight excluding hydrogens is 390 g/mol. The standard InChI is InChI=1S/C25H23N3O3/c1-16-7-9-17(10-8-16)23-15-24(31-3)21-14-19(11-12-22(21)28-23)27-25(29)26-18-5-4-6-20(13-18)30-2/h4-15H,1-3H3,(H2,26,27,29). The highest BCUT2D eigenvalue weighted by molar-refractivity contribution is 6.01. The average Bonchev–Trinajstić information content (AvgIpc) is 2.79. The number of aryl methyl sites for hydroxylation is 1. The van der Waals surface area contributed by atoms with Gasteiger partial charge in [0.25, 0.3) is 0 Å². The van der Waals surface area contributed by atoms with E-state index in [4.69, 9.17) is 14.5 Å². The Balaban J connectivity index is 1.59. The number of nitrogens with one attached hydrogen (secondary N) is 2. The Morgan fingerprint density at radius 1 is 0.839 bits per heavy atom. The van der Waals surface area contributed by atoms with E-state index in [1.807, 2.05) is 48.5 Å². The fourth-order valence-electron chi connectivity index (χ4n) is 3.31. The van der Waals surface area contributed by atoms with E-state index in [9.17, 15) is 4.79 Å². The molecule has 0 bridgehead atoms. The van der Waals surface area contributed by atoms with Crippen molar-refractivity contribution in [2.75, 3.05) is 24.9 Å². The second-order valence-corrected chi connectivity index (χ2v) is 7.12. The third kappa shape index (κ3) is 4.59. The molecule has 4 rings (SSSR count). The van der Waals surface area contributed by atoms with Crippen molar-refractivity contribution in [2.24, 2.45) is 0 Å². The van der Waals surface area contributed by atoms with Crippen molar-refractivity contribution < 1.29 is 14.3 Å². The fraction of sp³-hybridized carbons (Fsp3) is 0.120. The van der Waals surface area contributed by atoms with Gasteiger partial charge in [0, 0.05) is 34.5 Å². The molecule has 1 heterocycles. The SMILES string of the molecule is COc1cccc(NC(=O)Nc2ccc3nc(-c4ccc(C)cc4)cc(OC)c3c2)c1. The Labute approximate surface area is 180 Å². The molecule has 1 aromatic heterocycles. The minimum atomic E-state index is -0.351. The molecule has 0 atom stereocenters. The number of amides is 2. The zero-order chi connectivity index (χ0) is 21.8. The molecular formula is C25H23N3O3. The number of anilines is 2. The minimum Gasteiger partial charge on any atom is -0.497 e. The molecule has 2 N–H and O–H groups in total. The maximum Gasteiger partial charge on any atom is 0.323 e. The van der Waals surface area contributed by atoms with Gasteiger partial charge in [-0.15, -0.1) is 0 Å². The van der Waals surface area contributed by atoms with Crippen LogP contribution < -0.4 is 20.1 Å². The van der Waals surface area contributed by atoms with Crippen molar-refractivity contribution >= 4 is 28.3 Å². The van der Waals surface area contributed by atoms with Gasteiger partial charge in [0.1, 0.15) is 11.5 Å². The van der Waals surface area contributed by atoms with Gasteiger partial charge in [-0.25, -0.2) is 9.78 Å². The molecule has 3 aromatic carbocycles. The highest BCUT2D eigenvalue weighted by Gasteiger charge is 2.11. The van der Waals surface area contributed by atoms with E-state index in [0.717, 1.165) is 22.2 Å². The van der Waals surface area contributed by atoms with Crippen LogP contribution in [-0.4, -0.2) is 25.2 Å². The van der Waals surface area contributed by atoms with Crippen molar-refractivity contribution in [1.29, 1.82) is 0 Å². The summed E-state index contributed by atoms with van der Waals surface area (Å²) in [5, 5.41) is 6.47. The zero-order valence-electron chi connectivity index (χ0n) is 17.6. The van der Waals surface area contributed by atoms with E-state index in [-0.39, 0.29) is 6.03 Å². The number of urea groups is 1. The number of fused-ring (bicyclic) bond motifs is 1. The second-order valence-electron chi connectivity index (χ2n) is 7.12. The highest BCUT2D eigenvalue weighted by atomic mass is 16.5. The summed E-state index contributed by atoms with van der Waals surface area (Å²) < 4.78 is 10.8. The summed E-state index contributed by atoms with van der Waals surface area (Å²) in [7, 11) is 3.21. The molecule has 2 amide bonds. The van der Waals surface area contributed by atoms with Gasteiger partial charge in [-0.2, -0.15) is 0 Å². The van der Waals surface area contributed by atoms with Gasteiger partial charge in [0.05, 0.1) is 25.4 Å². The lowest BCUT2D eigenvalue weighted by Crippen LogP contribution is -2.19. The average molecular weight is 413 g/mol. The van der Waals surface area contributed by atoms with E-state index < -0.39 is 0 Å². The molecule has 0 spiro atoms. The number of carbonyl (C=O) groups is 1. The first-order valence-corrected chi connectivity index (χ1v) is 9.83. The van der Waals surface area contributed by atoms with Gasteiger partial charge in [-0.1, -0.05) is 35.9 Å². The molecule has 31 heavy (non-hydrogen) atoms. The predicted molar refractivity (Wildman–Crippen MR) is 124 cm³/mol. The Bertz CT molecular complexity index is 1240. The van der Waals surface area contributed by atoms with Crippen LogP contribution in [0.3, 0.4) is 0 Å². The highest BCUT2D eigenvalue weighted by Crippen LogP contribution is 2.32. The van der Waals surface area contributed by atoms with E-state index in [0.29, 0.717) is 22.9 Å². The van der Waals surface area contributed by atoms with Crippen molar-refractivity contribution in [3.8, 4) is 22.8 Å². The number of carbonyl (C=O) groups excluding carboxylic acids is 1. The number of nitrogens with zero attached hydrogens (tertiary/aromatic N) is 1. The lowest BCUT2D eigenvalue weighted by atomic mass is 10.1. The molecule has 0 aliphatic carbocycles. The Morgan fingerprint density at radius 3 is 2.29 bits per heavy atom. The Morgan fingerprint density at radius 2 is 1.58 bits per heavy atom. The van der Waals surface area contributed by atoms with Gasteiger partial charge >= 0.3 is 6.03 Å². The number of benzene rings is 3. The number of pyridine rings is 1. The van der Waals surface area contributed by atoms with Crippen molar-refractivity contribution in [3.05, 3.63) is 78.4 Å². The molecule has 0 unspecified atom stereocenters. The van der Waals surface area contributed by atoms with Crippen LogP contribution in [0, 0.1) is 6.92 Å². The lowest BCUT2D eigenvalue weighted by Gasteiger charge is -2.12. The summed E-state index contributed by atoms with van der Waals surface area (Å²) in [6.45, 7) is 2.05. The van der Waals surface area contributed by atoms with Crippen molar-refractivity contribution in [2.45, 2.75) is 6.92 Å². The van der Waals surface area contributed by atoms with E-state index in [2.05, 4.69) is 29.7 Å². The monoisotopic (exact) mass is 413 g/mol. The largest absolute Gasteiger partial charge is 0.497 e. The summed E-state index contributed by atoms with van der Waals surface area (Å²) >= 11 is 0. The van der Waals surface area contributed by atoms with Gasteiger partial charge < -0.3 is 20.1 Å². The summed E-state index contributed by atoms with van der Waals surface area (Å²) in [4.78, 5) is 17.2. The maximum atomic E-state index is 12.4. The van der Waals surface area contributed by atoms with Crippen LogP contribution in [0.4, 0.5) is 16.2 Å². The minimum absolute atomic E-state index is 0.351. The number of methoxy groups -OCH3 is 2. The first-order chi connectivity index (χ1) is 15.1. The molecule has 0 aliphatic rings. The van der Waals surface area contributed by atoms with Crippen molar-refractivity contribution in [1.82, 2.24) is 4.98 Å². The molecule has 6 heteroatoms. The summed E-state index contributed by atoms with van der Waals surface area (Å²) in [6.07, 6.45) is 0. The van der Waals surface area contributed by atoms with Crippen LogP contribution in [0.2, 0.25) is 0 Å². The van der Waals surface area contributed by atoms with Gasteiger partial charge in [-0.3, -0.25) is 0 Å². The summed E-state index contributed by atoms with van der Waals surface area (Å²) in [5.74, 6) is 1.36. The molecule has 0 aliphatic heterocycles. The Hall–Kier alpha value is -4.06. The summed E-state index contributed by atoms with van der Waals surface area (Å²) in [5.41, 5.74) is 5.11. The van der Waals surface area contributed by atoms with Gasteiger partial charge in [0.2, 0.25) is 0 Å². The van der Waals surface area contributed by atoms with E-state index >= 15 is 0 Å². The van der Waals surface area contributed by atoms with Crippen LogP contribution in [0.15, 0.2) is 72.8 Å². The van der Waals surface area contributed by atoms with Crippen LogP contribution in [0.5, 0.6) is 11.5 Å². The third-order valence-corrected chi connectivity index (χ3v) is 4.92. The molecule has 0 fully saturated rings. The second kappa shape index (κ2) is 8.75. The van der Waals surface area contributed by atoms with Crippen LogP contribution in [0.25, 0.3) is 22.2 Å². The number of hydrogen-bond donors (Lipinski definition) is 2. The van der Waals surface area contributed by atoms with E-state index in [1.165, 1.54) is 5.56 Å². The number of aromatic nitrogens is 1. The number of rotatable bonds is 5. The molecule has 156 valence electrons. The first kappa shape index (κ1) is 20.2. The maximum absolute atomic E-state index is 12.4. The smallest absolute Gasteiger partial charge is 0.323 e. The molecule has 6 nitrogen and oxygen atoms in total. The van der Waals surface area contributed by atoms with E-state index in [1.54, 1.807) is 26.4 Å². The zero-order valence-corrected chi connectivity index (χ0v) is 17.6.